The molecule has 3 unspecified atom stereocenters. The van der Waals surface area contributed by atoms with Crippen LogP contribution >= 0.6 is 0 Å². The van der Waals surface area contributed by atoms with Gasteiger partial charge in [0.15, 0.2) is 11.9 Å². The van der Waals surface area contributed by atoms with E-state index in [1.54, 1.807) is 42.5 Å². The molecule has 1 fully saturated rings. The van der Waals surface area contributed by atoms with Gasteiger partial charge in [0.1, 0.15) is 29.3 Å². The summed E-state index contributed by atoms with van der Waals surface area (Å²) in [6.07, 6.45) is 2.91. The Kier molecular flexibility index (Phi) is 7.69. The normalized spacial score (nSPS) is 22.0. The van der Waals surface area contributed by atoms with Gasteiger partial charge in [0.2, 0.25) is 0 Å². The summed E-state index contributed by atoms with van der Waals surface area (Å²) in [6, 6.07) is 11.5. The second-order valence-electron chi connectivity index (χ2n) is 6.90. The van der Waals surface area contributed by atoms with Gasteiger partial charge in [0, 0.05) is 11.1 Å². The summed E-state index contributed by atoms with van der Waals surface area (Å²) in [7, 11) is 1.26. The van der Waals surface area contributed by atoms with Crippen molar-refractivity contribution >= 4 is 17.3 Å². The Labute approximate surface area is 185 Å². The van der Waals surface area contributed by atoms with Crippen LogP contribution in [0.1, 0.15) is 25.0 Å². The highest BCUT2D eigenvalue weighted by Gasteiger charge is 2.49. The number of aliphatic hydroxyl groups excluding tert-OH is 1. The van der Waals surface area contributed by atoms with Crippen LogP contribution in [0.2, 0.25) is 0 Å². The molecule has 1 N–H and O–H groups in total. The van der Waals surface area contributed by atoms with Gasteiger partial charge in [0.25, 0.3) is 0 Å². The molecule has 0 spiro atoms. The fourth-order valence-corrected chi connectivity index (χ4v) is 3.32. The second kappa shape index (κ2) is 10.5. The Bertz CT molecular complexity index is 976. The lowest BCUT2D eigenvalue weighted by Crippen LogP contribution is -2.56. The molecule has 1 aliphatic heterocycles. The zero-order valence-corrected chi connectivity index (χ0v) is 17.9. The van der Waals surface area contributed by atoms with Crippen LogP contribution in [-0.4, -0.2) is 30.2 Å². The van der Waals surface area contributed by atoms with Gasteiger partial charge in [-0.3, -0.25) is 4.79 Å². The zero-order chi connectivity index (χ0) is 23.3. The standard InChI is InChI=1S/C23H18F2O5.C2H6/c1-28-30-23-21(26)18(22(23)27)10-13-11-19(14-2-6-16(24)7-3-14)29-20(12-13)15-4-8-17(25)9-5-15;1-2/h2-12,18,21,23,26H,1H3;1-2H3. The van der Waals surface area contributed by atoms with E-state index in [1.807, 2.05) is 13.8 Å². The number of halogens is 2. The Morgan fingerprint density at radius 1 is 0.906 bits per heavy atom. The first-order valence-electron chi connectivity index (χ1n) is 10.2. The van der Waals surface area contributed by atoms with Gasteiger partial charge in [0.05, 0.1) is 13.0 Å². The minimum Gasteiger partial charge on any atom is -0.456 e. The topological polar surface area (TPSA) is 65.0 Å². The summed E-state index contributed by atoms with van der Waals surface area (Å²) in [5.74, 6) is -0.991. The van der Waals surface area contributed by atoms with E-state index in [1.165, 1.54) is 31.4 Å². The monoisotopic (exact) mass is 442 g/mol. The minimum atomic E-state index is -1.04. The van der Waals surface area contributed by atoms with Crippen molar-refractivity contribution in [1.82, 2.24) is 0 Å². The molecule has 32 heavy (non-hydrogen) atoms. The number of ether oxygens (including phenoxy) is 1. The third-order valence-electron chi connectivity index (χ3n) is 4.93. The van der Waals surface area contributed by atoms with Crippen LogP contribution in [0.5, 0.6) is 0 Å². The molecule has 2 aromatic carbocycles. The number of ketones is 1. The average Bonchev–Trinajstić information content (AvgIpc) is 2.83. The van der Waals surface area contributed by atoms with Crippen molar-refractivity contribution in [3.63, 3.8) is 0 Å². The van der Waals surface area contributed by atoms with Crippen LogP contribution in [0.4, 0.5) is 8.78 Å². The number of aliphatic hydroxyl groups is 1. The first-order chi connectivity index (χ1) is 15.5. The minimum absolute atomic E-state index is 0.309. The van der Waals surface area contributed by atoms with Gasteiger partial charge in [-0.15, -0.1) is 0 Å². The molecule has 0 radical (unpaired) electrons. The fraction of sp³-hybridized carbons (Fsp3) is 0.240. The van der Waals surface area contributed by atoms with Gasteiger partial charge in [-0.05, 0) is 66.3 Å². The Hall–Kier alpha value is -3.13. The molecular formula is C25H24F2O5. The smallest absolute Gasteiger partial charge is 0.178 e. The number of benzene rings is 2. The number of hydrogen-bond acceptors (Lipinski definition) is 5. The van der Waals surface area contributed by atoms with Crippen molar-refractivity contribution < 1.29 is 33.2 Å². The van der Waals surface area contributed by atoms with Crippen molar-refractivity contribution in [1.29, 1.82) is 0 Å². The molecule has 5 nitrogen and oxygen atoms in total. The molecule has 3 atom stereocenters. The molecule has 2 aliphatic rings. The van der Waals surface area contributed by atoms with Gasteiger partial charge < -0.3 is 9.84 Å². The van der Waals surface area contributed by atoms with Gasteiger partial charge >= 0.3 is 0 Å². The van der Waals surface area contributed by atoms with Crippen LogP contribution < -0.4 is 0 Å². The first kappa shape index (κ1) is 23.5. The Balaban J connectivity index is 0.00000141. The fourth-order valence-electron chi connectivity index (χ4n) is 3.32. The highest BCUT2D eigenvalue weighted by Crippen LogP contribution is 2.35. The molecule has 0 bridgehead atoms. The summed E-state index contributed by atoms with van der Waals surface area (Å²) in [4.78, 5) is 21.5. The predicted molar refractivity (Wildman–Crippen MR) is 116 cm³/mol. The molecule has 0 saturated heterocycles. The number of allylic oxidation sites excluding steroid dienone is 3. The Morgan fingerprint density at radius 2 is 1.38 bits per heavy atom. The molecular weight excluding hydrogens is 418 g/mol. The van der Waals surface area contributed by atoms with Gasteiger partial charge in [-0.25, -0.2) is 18.6 Å². The van der Waals surface area contributed by atoms with Crippen LogP contribution in [-0.2, 0) is 19.3 Å². The van der Waals surface area contributed by atoms with E-state index in [0.29, 0.717) is 28.2 Å². The number of rotatable bonds is 5. The maximum Gasteiger partial charge on any atom is 0.178 e. The second-order valence-corrected chi connectivity index (χ2v) is 6.90. The highest BCUT2D eigenvalue weighted by atomic mass is 19.1. The van der Waals surface area contributed by atoms with Crippen LogP contribution in [0, 0.1) is 17.6 Å². The van der Waals surface area contributed by atoms with Crippen molar-refractivity contribution in [3.05, 3.63) is 95.1 Å². The first-order valence-corrected chi connectivity index (χ1v) is 10.2. The number of carbonyl (C=O) groups is 1. The van der Waals surface area contributed by atoms with Gasteiger partial charge in [-0.1, -0.05) is 19.9 Å². The number of hydrogen-bond donors (Lipinski definition) is 1. The van der Waals surface area contributed by atoms with E-state index < -0.39 is 18.1 Å². The summed E-state index contributed by atoms with van der Waals surface area (Å²) in [6.45, 7) is 4.00. The van der Waals surface area contributed by atoms with Crippen molar-refractivity contribution in [2.75, 3.05) is 7.11 Å². The van der Waals surface area contributed by atoms with E-state index >= 15 is 0 Å². The molecule has 168 valence electrons. The maximum atomic E-state index is 13.3. The lowest BCUT2D eigenvalue weighted by Gasteiger charge is -2.36. The largest absolute Gasteiger partial charge is 0.456 e. The van der Waals surface area contributed by atoms with E-state index in [0.717, 1.165) is 0 Å². The van der Waals surface area contributed by atoms with Crippen LogP contribution in [0.25, 0.3) is 11.5 Å². The molecule has 1 saturated carbocycles. The molecule has 0 amide bonds. The number of Topliss-reactive ketones (excluding diaryl/α,β-unsaturated/α-hetero) is 1. The molecule has 2 aromatic rings. The molecule has 0 aromatic heterocycles. The molecule has 1 heterocycles. The van der Waals surface area contributed by atoms with E-state index in [2.05, 4.69) is 4.89 Å². The molecule has 7 heteroatoms. The molecule has 4 rings (SSSR count). The Morgan fingerprint density at radius 3 is 1.78 bits per heavy atom. The van der Waals surface area contributed by atoms with Crippen LogP contribution in [0.3, 0.4) is 0 Å². The summed E-state index contributed by atoms with van der Waals surface area (Å²) in [5.41, 5.74) is 1.85. The third-order valence-corrected chi connectivity index (χ3v) is 4.93. The summed E-state index contributed by atoms with van der Waals surface area (Å²) < 4.78 is 32.6. The number of carbonyl (C=O) groups excluding carboxylic acids is 1. The SMILES string of the molecule is CC.COOC1C(=O)C(C=C2C=C(c3ccc(F)cc3)OC(c3ccc(F)cc3)=C2)C1O. The summed E-state index contributed by atoms with van der Waals surface area (Å²) >= 11 is 0. The van der Waals surface area contributed by atoms with Gasteiger partial charge in [-0.2, -0.15) is 0 Å². The lowest BCUT2D eigenvalue weighted by atomic mass is 9.76. The van der Waals surface area contributed by atoms with Crippen LogP contribution in [0.15, 0.2) is 72.3 Å². The zero-order valence-electron chi connectivity index (χ0n) is 17.9. The average molecular weight is 442 g/mol. The lowest BCUT2D eigenvalue weighted by molar-refractivity contribution is -0.325. The van der Waals surface area contributed by atoms with E-state index in [4.69, 9.17) is 9.62 Å². The third kappa shape index (κ3) is 5.02. The highest BCUT2D eigenvalue weighted by molar-refractivity contribution is 5.95. The molecule has 1 aliphatic carbocycles. The summed E-state index contributed by atoms with van der Waals surface area (Å²) in [5, 5.41) is 10.2. The van der Waals surface area contributed by atoms with Crippen molar-refractivity contribution in [3.8, 4) is 0 Å². The van der Waals surface area contributed by atoms with Crippen molar-refractivity contribution in [2.24, 2.45) is 5.92 Å². The predicted octanol–water partition coefficient (Wildman–Crippen LogP) is 4.84. The maximum absolute atomic E-state index is 13.3. The van der Waals surface area contributed by atoms with Crippen molar-refractivity contribution in [2.45, 2.75) is 26.1 Å². The van der Waals surface area contributed by atoms with E-state index in [9.17, 15) is 18.7 Å². The van der Waals surface area contributed by atoms with E-state index in [-0.39, 0.29) is 17.4 Å². The quantitative estimate of drug-likeness (QED) is 0.531.